The first kappa shape index (κ1) is 22.8. The minimum Gasteiger partial charge on any atom is -0.490 e. The first-order valence-electron chi connectivity index (χ1n) is 9.02. The average molecular weight is 393 g/mol. The van der Waals surface area contributed by atoms with Crippen molar-refractivity contribution in [1.29, 1.82) is 0 Å². The lowest BCUT2D eigenvalue weighted by molar-refractivity contribution is -0.118. The Morgan fingerprint density at radius 3 is 2.41 bits per heavy atom. The van der Waals surface area contributed by atoms with Gasteiger partial charge in [0.25, 0.3) is 5.91 Å². The number of amides is 1. The normalized spacial score (nSPS) is 11.3. The van der Waals surface area contributed by atoms with E-state index in [9.17, 15) is 4.79 Å². The predicted octanol–water partition coefficient (Wildman–Crippen LogP) is 4.11. The fourth-order valence-electron chi connectivity index (χ4n) is 2.49. The summed E-state index contributed by atoms with van der Waals surface area (Å²) in [6.07, 6.45) is 1.70. The number of ether oxygens (including phenoxy) is 2. The van der Waals surface area contributed by atoms with Crippen LogP contribution < -0.4 is 20.5 Å². The molecule has 0 saturated carbocycles. The molecule has 0 aliphatic carbocycles. The molecular weight excluding hydrogens is 364 g/mol. The summed E-state index contributed by atoms with van der Waals surface area (Å²) >= 11 is 0. The lowest BCUT2D eigenvalue weighted by Crippen LogP contribution is -2.21. The Morgan fingerprint density at radius 2 is 1.78 bits per heavy atom. The third kappa shape index (κ3) is 7.49. The summed E-state index contributed by atoms with van der Waals surface area (Å²) in [6.45, 7) is 6.43. The number of halogens is 1. The van der Waals surface area contributed by atoms with Crippen molar-refractivity contribution in [3.05, 3.63) is 53.6 Å². The van der Waals surface area contributed by atoms with E-state index in [4.69, 9.17) is 15.2 Å². The second-order valence-corrected chi connectivity index (χ2v) is 6.29. The zero-order valence-corrected chi connectivity index (χ0v) is 17.0. The molecule has 0 saturated heterocycles. The van der Waals surface area contributed by atoms with Crippen LogP contribution in [0, 0.1) is 6.92 Å². The van der Waals surface area contributed by atoms with Crippen LogP contribution in [-0.4, -0.2) is 25.2 Å². The van der Waals surface area contributed by atoms with Gasteiger partial charge in [-0.15, -0.1) is 12.4 Å². The van der Waals surface area contributed by atoms with Crippen LogP contribution in [0.1, 0.15) is 31.4 Å². The van der Waals surface area contributed by atoms with E-state index in [2.05, 4.69) is 12.2 Å². The highest BCUT2D eigenvalue weighted by molar-refractivity contribution is 5.91. The molecular formula is C21H29ClN2O3. The summed E-state index contributed by atoms with van der Waals surface area (Å²) in [7, 11) is 0. The Hall–Kier alpha value is -2.24. The first-order valence-corrected chi connectivity index (χ1v) is 9.02. The molecule has 5 nitrogen and oxygen atoms in total. The second-order valence-electron chi connectivity index (χ2n) is 6.29. The van der Waals surface area contributed by atoms with Crippen molar-refractivity contribution < 1.29 is 14.3 Å². The second kappa shape index (κ2) is 11.5. The lowest BCUT2D eigenvalue weighted by Gasteiger charge is -2.15. The molecule has 148 valence electrons. The number of benzene rings is 2. The van der Waals surface area contributed by atoms with Crippen LogP contribution in [0.25, 0.3) is 0 Å². The van der Waals surface area contributed by atoms with Gasteiger partial charge in [-0.2, -0.15) is 0 Å². The number of rotatable bonds is 9. The van der Waals surface area contributed by atoms with E-state index in [1.807, 2.05) is 56.3 Å². The van der Waals surface area contributed by atoms with Crippen LogP contribution in [0.4, 0.5) is 5.69 Å². The molecule has 1 amide bonds. The smallest absolute Gasteiger partial charge is 0.262 e. The molecule has 2 aromatic carbocycles. The van der Waals surface area contributed by atoms with Crippen molar-refractivity contribution in [2.75, 3.05) is 18.5 Å². The van der Waals surface area contributed by atoms with Crippen molar-refractivity contribution in [2.24, 2.45) is 5.73 Å². The lowest BCUT2D eigenvalue weighted by atomic mass is 10.0. The average Bonchev–Trinajstić information content (AvgIpc) is 2.63. The SMILES string of the molecule is CCOc1cc(CC(N)CC)ccc1OCC(=O)Nc1ccc(C)cc1.Cl. The molecule has 2 aromatic rings. The summed E-state index contributed by atoms with van der Waals surface area (Å²) < 4.78 is 11.3. The van der Waals surface area contributed by atoms with Gasteiger partial charge < -0.3 is 20.5 Å². The third-order valence-corrected chi connectivity index (χ3v) is 4.02. The maximum Gasteiger partial charge on any atom is 0.262 e. The molecule has 0 heterocycles. The van der Waals surface area contributed by atoms with Gasteiger partial charge in [0.15, 0.2) is 18.1 Å². The molecule has 2 rings (SSSR count). The maximum atomic E-state index is 12.1. The zero-order valence-electron chi connectivity index (χ0n) is 16.2. The van der Waals surface area contributed by atoms with Crippen molar-refractivity contribution in [1.82, 2.24) is 0 Å². The number of nitrogens with one attached hydrogen (secondary N) is 1. The monoisotopic (exact) mass is 392 g/mol. The van der Waals surface area contributed by atoms with E-state index >= 15 is 0 Å². The van der Waals surface area contributed by atoms with Crippen LogP contribution >= 0.6 is 12.4 Å². The van der Waals surface area contributed by atoms with Crippen LogP contribution in [0.15, 0.2) is 42.5 Å². The molecule has 0 aliphatic rings. The van der Waals surface area contributed by atoms with Gasteiger partial charge in [0, 0.05) is 11.7 Å². The molecule has 0 aromatic heterocycles. The number of aryl methyl sites for hydroxylation is 1. The zero-order chi connectivity index (χ0) is 18.9. The summed E-state index contributed by atoms with van der Waals surface area (Å²) in [5, 5.41) is 2.81. The van der Waals surface area contributed by atoms with Gasteiger partial charge in [0.1, 0.15) is 0 Å². The molecule has 3 N–H and O–H groups in total. The summed E-state index contributed by atoms with van der Waals surface area (Å²) in [4.78, 5) is 12.1. The molecule has 0 bridgehead atoms. The van der Waals surface area contributed by atoms with Gasteiger partial charge in [-0.25, -0.2) is 0 Å². The first-order chi connectivity index (χ1) is 12.5. The highest BCUT2D eigenvalue weighted by Crippen LogP contribution is 2.29. The Labute approximate surface area is 167 Å². The minimum atomic E-state index is -0.214. The van der Waals surface area contributed by atoms with Gasteiger partial charge in [0.2, 0.25) is 0 Å². The maximum absolute atomic E-state index is 12.1. The summed E-state index contributed by atoms with van der Waals surface area (Å²) in [5.41, 5.74) is 9.01. The van der Waals surface area contributed by atoms with E-state index < -0.39 is 0 Å². The highest BCUT2D eigenvalue weighted by atomic mass is 35.5. The van der Waals surface area contributed by atoms with Crippen LogP contribution in [0.2, 0.25) is 0 Å². The molecule has 0 fully saturated rings. The van der Waals surface area contributed by atoms with Crippen LogP contribution in [0.3, 0.4) is 0 Å². The number of hydrogen-bond acceptors (Lipinski definition) is 4. The highest BCUT2D eigenvalue weighted by Gasteiger charge is 2.11. The largest absolute Gasteiger partial charge is 0.490 e. The predicted molar refractivity (Wildman–Crippen MR) is 112 cm³/mol. The van der Waals surface area contributed by atoms with Gasteiger partial charge in [-0.05, 0) is 56.5 Å². The van der Waals surface area contributed by atoms with Gasteiger partial charge in [0.05, 0.1) is 6.61 Å². The number of anilines is 1. The molecule has 0 aliphatic heterocycles. The van der Waals surface area contributed by atoms with Crippen molar-refractivity contribution >= 4 is 24.0 Å². The number of hydrogen-bond donors (Lipinski definition) is 2. The Kier molecular flexibility index (Phi) is 9.68. The van der Waals surface area contributed by atoms with E-state index in [0.29, 0.717) is 18.1 Å². The number of carbonyl (C=O) groups is 1. The summed E-state index contributed by atoms with van der Waals surface area (Å²) in [6, 6.07) is 13.5. The van der Waals surface area contributed by atoms with E-state index in [-0.39, 0.29) is 31.0 Å². The van der Waals surface area contributed by atoms with Crippen molar-refractivity contribution in [2.45, 2.75) is 39.7 Å². The Bertz CT molecular complexity index is 720. The molecule has 1 unspecified atom stereocenters. The molecule has 0 radical (unpaired) electrons. The summed E-state index contributed by atoms with van der Waals surface area (Å²) in [5.74, 6) is 0.976. The van der Waals surface area contributed by atoms with Crippen molar-refractivity contribution in [3.8, 4) is 11.5 Å². The van der Waals surface area contributed by atoms with E-state index in [0.717, 1.165) is 29.7 Å². The standard InChI is InChI=1S/C21H28N2O3.ClH/c1-4-17(22)12-16-8-11-19(20(13-16)25-5-2)26-14-21(24)23-18-9-6-15(3)7-10-18;/h6-11,13,17H,4-5,12,14,22H2,1-3H3,(H,23,24);1H. The Balaban J connectivity index is 0.00000364. The topological polar surface area (TPSA) is 73.6 Å². The minimum absolute atomic E-state index is 0. The van der Waals surface area contributed by atoms with Gasteiger partial charge in [-0.3, -0.25) is 4.79 Å². The van der Waals surface area contributed by atoms with Crippen molar-refractivity contribution in [3.63, 3.8) is 0 Å². The fourth-order valence-corrected chi connectivity index (χ4v) is 2.49. The molecule has 6 heteroatoms. The number of carbonyl (C=O) groups excluding carboxylic acids is 1. The van der Waals surface area contributed by atoms with Gasteiger partial charge >= 0.3 is 0 Å². The van der Waals surface area contributed by atoms with Crippen LogP contribution in [-0.2, 0) is 11.2 Å². The Morgan fingerprint density at radius 1 is 1.07 bits per heavy atom. The fraction of sp³-hybridized carbons (Fsp3) is 0.381. The van der Waals surface area contributed by atoms with Gasteiger partial charge in [-0.1, -0.05) is 30.7 Å². The molecule has 27 heavy (non-hydrogen) atoms. The third-order valence-electron chi connectivity index (χ3n) is 4.02. The van der Waals surface area contributed by atoms with E-state index in [1.54, 1.807) is 0 Å². The molecule has 1 atom stereocenters. The quantitative estimate of drug-likeness (QED) is 0.673. The van der Waals surface area contributed by atoms with E-state index in [1.165, 1.54) is 0 Å². The molecule has 0 spiro atoms. The number of nitrogens with two attached hydrogens (primary N) is 1. The van der Waals surface area contributed by atoms with Crippen LogP contribution in [0.5, 0.6) is 11.5 Å².